The van der Waals surface area contributed by atoms with E-state index in [2.05, 4.69) is 4.72 Å². The zero-order valence-corrected chi connectivity index (χ0v) is 15.4. The summed E-state index contributed by atoms with van der Waals surface area (Å²) >= 11 is 0. The van der Waals surface area contributed by atoms with Crippen LogP contribution >= 0.6 is 0 Å². The van der Waals surface area contributed by atoms with E-state index in [4.69, 9.17) is 9.15 Å². The van der Waals surface area contributed by atoms with Crippen LogP contribution in [0, 0.1) is 0 Å². The van der Waals surface area contributed by atoms with Gasteiger partial charge in [-0.25, -0.2) is 8.42 Å². The second-order valence-corrected chi connectivity index (χ2v) is 7.75. The van der Waals surface area contributed by atoms with Crippen LogP contribution in [-0.4, -0.2) is 21.5 Å². The van der Waals surface area contributed by atoms with Crippen LogP contribution in [0.3, 0.4) is 0 Å². The van der Waals surface area contributed by atoms with Crippen LogP contribution in [0.2, 0.25) is 0 Å². The van der Waals surface area contributed by atoms with Gasteiger partial charge in [-0.3, -0.25) is 4.72 Å². The van der Waals surface area contributed by atoms with Gasteiger partial charge in [0.15, 0.2) is 0 Å². The van der Waals surface area contributed by atoms with Gasteiger partial charge in [0.25, 0.3) is 10.0 Å². The number of aromatic carboxylic acids is 1. The molecular weight excluding hydrogens is 382 g/mol. The lowest BCUT2D eigenvalue weighted by Crippen LogP contribution is -2.23. The van der Waals surface area contributed by atoms with Gasteiger partial charge < -0.3 is 19.1 Å². The average molecular weight is 396 g/mol. The number of carboxylic acids is 1. The van der Waals surface area contributed by atoms with E-state index in [-0.39, 0.29) is 16.1 Å². The van der Waals surface area contributed by atoms with E-state index in [9.17, 15) is 18.3 Å². The maximum absolute atomic E-state index is 12.7. The Labute approximate surface area is 160 Å². The zero-order chi connectivity index (χ0) is 19.9. The van der Waals surface area contributed by atoms with Crippen molar-refractivity contribution in [3.05, 3.63) is 66.2 Å². The Morgan fingerprint density at radius 3 is 2.54 bits per heavy atom. The molecule has 142 valence electrons. The Balaban J connectivity index is 1.81. The Kier molecular flexibility index (Phi) is 4.20. The van der Waals surface area contributed by atoms with Crippen LogP contribution in [0.1, 0.15) is 10.4 Å². The molecule has 0 amide bonds. The van der Waals surface area contributed by atoms with Gasteiger partial charge >= 0.3 is 0 Å². The Bertz CT molecular complexity index is 1320. The highest BCUT2D eigenvalue weighted by atomic mass is 32.2. The maximum Gasteiger partial charge on any atom is 0.262 e. The normalized spacial score (nSPS) is 11.6. The number of sulfonamides is 1. The summed E-state index contributed by atoms with van der Waals surface area (Å²) in [6.07, 6.45) is 0. The number of benzene rings is 3. The van der Waals surface area contributed by atoms with E-state index in [0.717, 1.165) is 16.8 Å². The van der Waals surface area contributed by atoms with Gasteiger partial charge in [-0.2, -0.15) is 0 Å². The largest absolute Gasteiger partial charge is 0.545 e. The van der Waals surface area contributed by atoms with Crippen molar-refractivity contribution in [2.45, 2.75) is 4.90 Å². The molecule has 0 saturated heterocycles. The molecule has 0 radical (unpaired) electrons. The Hall–Kier alpha value is -3.52. The number of carbonyl (C=O) groups excluding carboxylic acids is 1. The summed E-state index contributed by atoms with van der Waals surface area (Å²) in [6.45, 7) is 0. The molecule has 7 nitrogen and oxygen atoms in total. The molecule has 1 aromatic heterocycles. The number of hydrogen-bond acceptors (Lipinski definition) is 6. The van der Waals surface area contributed by atoms with Crippen molar-refractivity contribution in [1.82, 2.24) is 0 Å². The number of ether oxygens (including phenoxy) is 1. The molecule has 0 aliphatic rings. The highest BCUT2D eigenvalue weighted by molar-refractivity contribution is 7.92. The molecule has 1 N–H and O–H groups in total. The molecule has 4 aromatic rings. The third-order valence-electron chi connectivity index (χ3n) is 4.32. The fourth-order valence-electron chi connectivity index (χ4n) is 2.99. The maximum atomic E-state index is 12.7. The van der Waals surface area contributed by atoms with Gasteiger partial charge in [-0.1, -0.05) is 30.3 Å². The summed E-state index contributed by atoms with van der Waals surface area (Å²) in [6, 6.07) is 15.6. The Morgan fingerprint density at radius 2 is 1.79 bits per heavy atom. The van der Waals surface area contributed by atoms with Crippen LogP contribution in [0.5, 0.6) is 5.75 Å². The second kappa shape index (κ2) is 6.58. The number of fused-ring (bicyclic) bond motifs is 3. The number of nitrogens with one attached hydrogen (secondary N) is 1. The number of anilines is 1. The van der Waals surface area contributed by atoms with Crippen molar-refractivity contribution in [3.63, 3.8) is 0 Å². The van der Waals surface area contributed by atoms with Gasteiger partial charge in [0, 0.05) is 16.8 Å². The van der Waals surface area contributed by atoms with E-state index in [1.54, 1.807) is 6.07 Å². The van der Waals surface area contributed by atoms with Crippen molar-refractivity contribution in [3.8, 4) is 5.75 Å². The van der Waals surface area contributed by atoms with Crippen LogP contribution in [-0.2, 0) is 10.0 Å². The van der Waals surface area contributed by atoms with E-state index >= 15 is 0 Å². The number of para-hydroxylation sites is 1. The minimum atomic E-state index is -4.06. The fraction of sp³-hybridized carbons (Fsp3) is 0.0500. The molecule has 0 atom stereocenters. The zero-order valence-electron chi connectivity index (χ0n) is 14.6. The topological polar surface area (TPSA) is 109 Å². The van der Waals surface area contributed by atoms with Gasteiger partial charge in [-0.05, 0) is 29.8 Å². The van der Waals surface area contributed by atoms with Crippen molar-refractivity contribution in [2.24, 2.45) is 0 Å². The fourth-order valence-corrected chi connectivity index (χ4v) is 4.10. The minimum absolute atomic E-state index is 0.174. The molecule has 4 rings (SSSR count). The standard InChI is InChI=1S/C20H15NO6S/c1-26-19-10-15-14-7-2-3-8-17(14)27-18(15)11-16(19)21-28(24,25)13-6-4-5-12(9-13)20(22)23/h2-11,21H,1H3,(H,22,23)/p-1. The highest BCUT2D eigenvalue weighted by Crippen LogP contribution is 2.37. The summed E-state index contributed by atoms with van der Waals surface area (Å²) < 4.78 is 39.0. The van der Waals surface area contributed by atoms with Crippen LogP contribution in [0.4, 0.5) is 5.69 Å². The van der Waals surface area contributed by atoms with Crippen molar-refractivity contribution < 1.29 is 27.5 Å². The number of rotatable bonds is 5. The molecule has 3 aromatic carbocycles. The molecule has 0 aliphatic carbocycles. The van der Waals surface area contributed by atoms with Gasteiger partial charge in [0.1, 0.15) is 16.9 Å². The summed E-state index contributed by atoms with van der Waals surface area (Å²) in [5.41, 5.74) is 1.10. The molecule has 8 heteroatoms. The molecule has 0 bridgehead atoms. The lowest BCUT2D eigenvalue weighted by molar-refractivity contribution is -0.255. The number of furan rings is 1. The number of hydrogen-bond donors (Lipinski definition) is 1. The molecule has 28 heavy (non-hydrogen) atoms. The van der Waals surface area contributed by atoms with E-state index < -0.39 is 16.0 Å². The SMILES string of the molecule is COc1cc2c(cc1NS(=O)(=O)c1cccc(C(=O)[O-])c1)oc1ccccc12. The molecule has 0 unspecified atom stereocenters. The quantitative estimate of drug-likeness (QED) is 0.556. The number of methoxy groups -OCH3 is 1. The van der Waals surface area contributed by atoms with Gasteiger partial charge in [0.2, 0.25) is 0 Å². The molecule has 0 saturated carbocycles. The summed E-state index contributed by atoms with van der Waals surface area (Å²) in [7, 11) is -2.63. The Morgan fingerprint density at radius 1 is 1.00 bits per heavy atom. The van der Waals surface area contributed by atoms with Crippen molar-refractivity contribution in [2.75, 3.05) is 11.8 Å². The first-order chi connectivity index (χ1) is 13.4. The summed E-state index contributed by atoms with van der Waals surface area (Å²) in [5, 5.41) is 12.7. The van der Waals surface area contributed by atoms with Crippen LogP contribution in [0.25, 0.3) is 21.9 Å². The smallest absolute Gasteiger partial charge is 0.262 e. The third-order valence-corrected chi connectivity index (χ3v) is 5.69. The predicted molar refractivity (Wildman–Crippen MR) is 102 cm³/mol. The van der Waals surface area contributed by atoms with E-state index in [0.29, 0.717) is 16.9 Å². The van der Waals surface area contributed by atoms with Crippen LogP contribution < -0.4 is 14.6 Å². The van der Waals surface area contributed by atoms with Gasteiger partial charge in [0.05, 0.1) is 23.7 Å². The average Bonchev–Trinajstić information content (AvgIpc) is 3.04. The summed E-state index contributed by atoms with van der Waals surface area (Å²) in [5.74, 6) is -1.16. The van der Waals surface area contributed by atoms with E-state index in [1.807, 2.05) is 24.3 Å². The number of carboxylic acid groups (broad SMARTS) is 1. The third kappa shape index (κ3) is 3.03. The highest BCUT2D eigenvalue weighted by Gasteiger charge is 2.19. The molecular formula is C20H14NO6S-. The first kappa shape index (κ1) is 17.9. The molecule has 0 fully saturated rings. The monoisotopic (exact) mass is 396 g/mol. The first-order valence-electron chi connectivity index (χ1n) is 8.22. The van der Waals surface area contributed by atoms with Crippen molar-refractivity contribution in [1.29, 1.82) is 0 Å². The summed E-state index contributed by atoms with van der Waals surface area (Å²) in [4.78, 5) is 10.8. The lowest BCUT2D eigenvalue weighted by atomic mass is 10.1. The first-order valence-corrected chi connectivity index (χ1v) is 9.71. The van der Waals surface area contributed by atoms with Crippen molar-refractivity contribution >= 4 is 43.6 Å². The molecule has 0 spiro atoms. The predicted octanol–water partition coefficient (Wildman–Crippen LogP) is 2.76. The molecule has 0 aliphatic heterocycles. The number of carbonyl (C=O) groups is 1. The molecule has 1 heterocycles. The van der Waals surface area contributed by atoms with E-state index in [1.165, 1.54) is 31.4 Å². The van der Waals surface area contributed by atoms with Crippen LogP contribution in [0.15, 0.2) is 70.0 Å². The minimum Gasteiger partial charge on any atom is -0.545 e. The lowest BCUT2D eigenvalue weighted by Gasteiger charge is -2.13. The second-order valence-electron chi connectivity index (χ2n) is 6.07. The van der Waals surface area contributed by atoms with Gasteiger partial charge in [-0.15, -0.1) is 0 Å².